The number of amides is 1. The van der Waals surface area contributed by atoms with Crippen LogP contribution in [0.25, 0.3) is 11.3 Å². The lowest BCUT2D eigenvalue weighted by atomic mass is 9.80. The molecule has 0 saturated carbocycles. The highest BCUT2D eigenvalue weighted by Crippen LogP contribution is 2.42. The normalized spacial score (nSPS) is 21.2. The summed E-state index contributed by atoms with van der Waals surface area (Å²) in [6.45, 7) is 8.99. The molecule has 38 heavy (non-hydrogen) atoms. The molecular weight excluding hydrogens is 480 g/mol. The number of anilines is 1. The molecule has 0 spiro atoms. The second kappa shape index (κ2) is 10.7. The van der Waals surface area contributed by atoms with Crippen molar-refractivity contribution in [1.29, 1.82) is 0 Å². The predicted octanol–water partition coefficient (Wildman–Crippen LogP) is 4.94. The standard InChI is InChI=1S/C30H36N4O4/c1-22(34-16-14-30(38-28(34)35,21-29(2,3)36)25-7-5-4-6-8-25)23-9-11-24(12-10-23)26-13-15-31-27(32-26)33-17-19-37-20-18-33/h4-13,15,22,36H,14,16-21H2,1-3H3. The number of ether oxygens (including phenoxy) is 2. The van der Waals surface area contributed by atoms with Crippen LogP contribution in [0.4, 0.5) is 10.7 Å². The zero-order chi connectivity index (χ0) is 26.8. The summed E-state index contributed by atoms with van der Waals surface area (Å²) in [7, 11) is 0. The van der Waals surface area contributed by atoms with Crippen LogP contribution in [-0.2, 0) is 15.1 Å². The quantitative estimate of drug-likeness (QED) is 0.476. The van der Waals surface area contributed by atoms with E-state index in [4.69, 9.17) is 14.5 Å². The first-order valence-electron chi connectivity index (χ1n) is 13.3. The third-order valence-electron chi connectivity index (χ3n) is 7.38. The van der Waals surface area contributed by atoms with Crippen molar-refractivity contribution < 1.29 is 19.4 Å². The Morgan fingerprint density at radius 1 is 1.03 bits per heavy atom. The van der Waals surface area contributed by atoms with Gasteiger partial charge in [-0.3, -0.25) is 0 Å². The topological polar surface area (TPSA) is 88.0 Å². The van der Waals surface area contributed by atoms with Crippen molar-refractivity contribution in [2.75, 3.05) is 37.7 Å². The molecule has 200 valence electrons. The molecular formula is C30H36N4O4. The molecule has 8 heteroatoms. The smallest absolute Gasteiger partial charge is 0.411 e. The number of hydrogen-bond acceptors (Lipinski definition) is 7. The van der Waals surface area contributed by atoms with Gasteiger partial charge in [-0.1, -0.05) is 54.6 Å². The minimum absolute atomic E-state index is 0.165. The Morgan fingerprint density at radius 3 is 2.39 bits per heavy atom. The molecule has 8 nitrogen and oxygen atoms in total. The molecule has 2 aliphatic rings. The molecule has 1 aromatic heterocycles. The highest BCUT2D eigenvalue weighted by molar-refractivity contribution is 5.70. The van der Waals surface area contributed by atoms with Crippen LogP contribution < -0.4 is 4.90 Å². The van der Waals surface area contributed by atoms with Crippen molar-refractivity contribution in [1.82, 2.24) is 14.9 Å². The summed E-state index contributed by atoms with van der Waals surface area (Å²) in [4.78, 5) is 26.5. The Labute approximate surface area is 224 Å². The van der Waals surface area contributed by atoms with Gasteiger partial charge in [-0.25, -0.2) is 14.8 Å². The fraction of sp³-hybridized carbons (Fsp3) is 0.433. The summed E-state index contributed by atoms with van der Waals surface area (Å²) in [5, 5.41) is 10.6. The third kappa shape index (κ3) is 5.66. The first-order chi connectivity index (χ1) is 18.2. The van der Waals surface area contributed by atoms with E-state index in [0.29, 0.717) is 38.5 Å². The van der Waals surface area contributed by atoms with Crippen LogP contribution in [0.5, 0.6) is 0 Å². The van der Waals surface area contributed by atoms with Gasteiger partial charge in [0.05, 0.1) is 30.6 Å². The number of morpholine rings is 1. The number of cyclic esters (lactones) is 1. The van der Waals surface area contributed by atoms with E-state index in [-0.39, 0.29) is 12.1 Å². The first-order valence-corrected chi connectivity index (χ1v) is 13.3. The van der Waals surface area contributed by atoms with Gasteiger partial charge in [0.15, 0.2) is 0 Å². The molecule has 2 aromatic carbocycles. The summed E-state index contributed by atoms with van der Waals surface area (Å²) in [5.74, 6) is 0.715. The van der Waals surface area contributed by atoms with Crippen LogP contribution in [0.2, 0.25) is 0 Å². The lowest BCUT2D eigenvalue weighted by Crippen LogP contribution is -2.51. The van der Waals surface area contributed by atoms with E-state index in [1.54, 1.807) is 24.9 Å². The number of rotatable bonds is 7. The van der Waals surface area contributed by atoms with Gasteiger partial charge in [-0.15, -0.1) is 0 Å². The van der Waals surface area contributed by atoms with Gasteiger partial charge in [0.1, 0.15) is 5.60 Å². The number of hydrogen-bond donors (Lipinski definition) is 1. The summed E-state index contributed by atoms with van der Waals surface area (Å²) >= 11 is 0. The Morgan fingerprint density at radius 2 is 1.74 bits per heavy atom. The first kappa shape index (κ1) is 26.1. The Kier molecular flexibility index (Phi) is 7.36. The molecule has 0 radical (unpaired) electrons. The van der Waals surface area contributed by atoms with Crippen LogP contribution in [-0.4, -0.2) is 64.5 Å². The zero-order valence-corrected chi connectivity index (χ0v) is 22.3. The van der Waals surface area contributed by atoms with Crippen LogP contribution in [0.15, 0.2) is 66.9 Å². The van der Waals surface area contributed by atoms with E-state index in [2.05, 4.69) is 9.88 Å². The van der Waals surface area contributed by atoms with Crippen molar-refractivity contribution in [3.8, 4) is 11.3 Å². The average molecular weight is 517 g/mol. The molecule has 0 bridgehead atoms. The molecule has 2 saturated heterocycles. The molecule has 2 atom stereocenters. The highest BCUT2D eigenvalue weighted by atomic mass is 16.6. The fourth-order valence-corrected chi connectivity index (χ4v) is 5.43. The fourth-order valence-electron chi connectivity index (χ4n) is 5.43. The van der Waals surface area contributed by atoms with Gasteiger partial charge in [-0.05, 0) is 38.0 Å². The largest absolute Gasteiger partial charge is 0.438 e. The van der Waals surface area contributed by atoms with Crippen LogP contribution in [0.1, 0.15) is 50.8 Å². The number of benzene rings is 2. The maximum atomic E-state index is 13.4. The molecule has 1 amide bonds. The van der Waals surface area contributed by atoms with E-state index in [9.17, 15) is 9.90 Å². The molecule has 5 rings (SSSR count). The van der Waals surface area contributed by atoms with Gasteiger partial charge < -0.3 is 24.4 Å². The summed E-state index contributed by atoms with van der Waals surface area (Å²) in [6.07, 6.45) is 2.35. The minimum Gasteiger partial charge on any atom is -0.438 e. The van der Waals surface area contributed by atoms with Gasteiger partial charge in [-0.2, -0.15) is 0 Å². The Hall–Kier alpha value is -3.49. The highest BCUT2D eigenvalue weighted by Gasteiger charge is 2.46. The zero-order valence-electron chi connectivity index (χ0n) is 22.3. The van der Waals surface area contributed by atoms with E-state index >= 15 is 0 Å². The van der Waals surface area contributed by atoms with Crippen molar-refractivity contribution in [2.24, 2.45) is 0 Å². The lowest BCUT2D eigenvalue weighted by Gasteiger charge is -2.45. The van der Waals surface area contributed by atoms with Crippen molar-refractivity contribution >= 4 is 12.0 Å². The van der Waals surface area contributed by atoms with E-state index in [1.807, 2.05) is 67.6 Å². The van der Waals surface area contributed by atoms with Gasteiger partial charge in [0.25, 0.3) is 0 Å². The van der Waals surface area contributed by atoms with Crippen molar-refractivity contribution in [3.05, 3.63) is 78.0 Å². The van der Waals surface area contributed by atoms with Crippen molar-refractivity contribution in [3.63, 3.8) is 0 Å². The number of carbonyl (C=O) groups is 1. The van der Waals surface area contributed by atoms with Crippen LogP contribution >= 0.6 is 0 Å². The maximum Gasteiger partial charge on any atom is 0.411 e. The molecule has 3 heterocycles. The summed E-state index contributed by atoms with van der Waals surface area (Å²) in [6, 6.07) is 19.7. The summed E-state index contributed by atoms with van der Waals surface area (Å²) in [5.41, 5.74) is 1.94. The van der Waals surface area contributed by atoms with Gasteiger partial charge >= 0.3 is 6.09 Å². The van der Waals surface area contributed by atoms with Gasteiger partial charge in [0.2, 0.25) is 5.95 Å². The number of aliphatic hydroxyl groups is 1. The van der Waals surface area contributed by atoms with Crippen LogP contribution in [0, 0.1) is 0 Å². The maximum absolute atomic E-state index is 13.4. The minimum atomic E-state index is -0.984. The van der Waals surface area contributed by atoms with E-state index < -0.39 is 11.2 Å². The molecule has 1 N–H and O–H groups in total. The molecule has 2 aliphatic heterocycles. The summed E-state index contributed by atoms with van der Waals surface area (Å²) < 4.78 is 11.6. The lowest BCUT2D eigenvalue weighted by molar-refractivity contribution is -0.101. The second-order valence-electron chi connectivity index (χ2n) is 10.8. The van der Waals surface area contributed by atoms with Gasteiger partial charge in [0, 0.05) is 44.2 Å². The number of aromatic nitrogens is 2. The molecule has 3 aromatic rings. The van der Waals surface area contributed by atoms with Crippen LogP contribution in [0.3, 0.4) is 0 Å². The number of nitrogens with zero attached hydrogens (tertiary/aromatic N) is 4. The SMILES string of the molecule is CC(c1ccc(-c2ccnc(N3CCOCC3)n2)cc1)N1CCC(CC(C)(C)O)(c2ccccc2)OC1=O. The number of carbonyl (C=O) groups excluding carboxylic acids is 1. The molecule has 0 aliphatic carbocycles. The average Bonchev–Trinajstić information content (AvgIpc) is 2.93. The van der Waals surface area contributed by atoms with Crippen molar-refractivity contribution in [2.45, 2.75) is 50.9 Å². The molecule has 2 fully saturated rings. The second-order valence-corrected chi connectivity index (χ2v) is 10.8. The Bertz CT molecular complexity index is 1240. The Balaban J connectivity index is 1.31. The van der Waals surface area contributed by atoms with E-state index in [0.717, 1.165) is 35.5 Å². The molecule has 2 unspecified atom stereocenters. The monoisotopic (exact) mass is 516 g/mol. The van der Waals surface area contributed by atoms with E-state index in [1.165, 1.54) is 0 Å². The predicted molar refractivity (Wildman–Crippen MR) is 146 cm³/mol. The third-order valence-corrected chi connectivity index (χ3v) is 7.38.